The van der Waals surface area contributed by atoms with Crippen LogP contribution in [0.15, 0.2) is 29.2 Å². The number of carbonyl (C=O) groups is 1. The first-order chi connectivity index (χ1) is 16.2. The van der Waals surface area contributed by atoms with Crippen LogP contribution in [0.1, 0.15) is 78.4 Å². The average Bonchev–Trinajstić information content (AvgIpc) is 3.48. The number of amides is 1. The number of likely N-dealkylation sites (tertiary alicyclic amines) is 1. The summed E-state index contributed by atoms with van der Waals surface area (Å²) in [6.07, 6.45) is 0.553. The Labute approximate surface area is 195 Å². The molecule has 0 aromatic carbocycles. The third kappa shape index (κ3) is 4.30. The third-order valence-corrected chi connectivity index (χ3v) is 7.49. The van der Waals surface area contributed by atoms with Gasteiger partial charge in [0.2, 0.25) is 0 Å². The number of rotatable bonds is 3. The minimum absolute atomic E-state index is 0.00229. The van der Waals surface area contributed by atoms with E-state index in [1.54, 1.807) is 4.90 Å². The van der Waals surface area contributed by atoms with E-state index in [0.717, 1.165) is 23.5 Å². The van der Waals surface area contributed by atoms with Crippen LogP contribution in [0.2, 0.25) is 0 Å². The first-order valence-corrected chi connectivity index (χ1v) is 11.8. The summed E-state index contributed by atoms with van der Waals surface area (Å²) in [5, 5.41) is 4.84. The van der Waals surface area contributed by atoms with Crippen LogP contribution in [0.4, 0.5) is 13.2 Å². The van der Waals surface area contributed by atoms with Crippen LogP contribution in [0.25, 0.3) is 5.65 Å². The summed E-state index contributed by atoms with van der Waals surface area (Å²) in [5.41, 5.74) is 3.62. The molecule has 2 aliphatic rings. The molecule has 7 nitrogen and oxygen atoms in total. The van der Waals surface area contributed by atoms with Crippen molar-refractivity contribution in [2.45, 2.75) is 64.0 Å². The van der Waals surface area contributed by atoms with E-state index in [4.69, 9.17) is 9.52 Å². The zero-order valence-electron chi connectivity index (χ0n) is 19.3. The number of carbonyl (C=O) groups excluding carboxylic acids is 1. The SMILES string of the molecule is Cc1cc([C@H]2CN(C(=O)c3cocn3)CC[C@@H]2C)n2nc([C@H]3CC[C@H](C(F)(F)F)CC3)cc2n1. The Kier molecular flexibility index (Phi) is 5.85. The van der Waals surface area contributed by atoms with Gasteiger partial charge in [-0.2, -0.15) is 18.3 Å². The number of halogens is 3. The highest BCUT2D eigenvalue weighted by molar-refractivity contribution is 5.92. The number of aryl methyl sites for hydroxylation is 1. The molecule has 0 bridgehead atoms. The Balaban J connectivity index is 1.42. The highest BCUT2D eigenvalue weighted by atomic mass is 19.4. The largest absolute Gasteiger partial charge is 0.451 e. The van der Waals surface area contributed by atoms with Crippen molar-refractivity contribution in [3.8, 4) is 0 Å². The van der Waals surface area contributed by atoms with Gasteiger partial charge in [-0.05, 0) is 51.0 Å². The lowest BCUT2D eigenvalue weighted by molar-refractivity contribution is -0.182. The molecule has 0 spiro atoms. The highest BCUT2D eigenvalue weighted by Crippen LogP contribution is 2.43. The maximum atomic E-state index is 13.1. The summed E-state index contributed by atoms with van der Waals surface area (Å²) in [7, 11) is 0. The zero-order valence-corrected chi connectivity index (χ0v) is 19.3. The number of nitrogens with zero attached hydrogens (tertiary/aromatic N) is 5. The molecule has 1 aliphatic carbocycles. The van der Waals surface area contributed by atoms with Crippen molar-refractivity contribution in [3.63, 3.8) is 0 Å². The summed E-state index contributed by atoms with van der Waals surface area (Å²) >= 11 is 0. The van der Waals surface area contributed by atoms with Gasteiger partial charge < -0.3 is 9.32 Å². The molecule has 1 aliphatic heterocycles. The van der Waals surface area contributed by atoms with Gasteiger partial charge in [-0.25, -0.2) is 14.5 Å². The molecule has 2 atom stereocenters. The standard InChI is InChI=1S/C24H28F3N5O2/c1-14-7-8-31(23(33)20-12-34-13-28-20)11-18(14)21-9-15(2)29-22-10-19(30-32(21)22)16-3-5-17(6-4-16)24(25,26)27/h9-10,12-14,16-18H,3-8,11H2,1-2H3/t14-,16-,17-,18-/m0/s1. The molecule has 1 amide bonds. The lowest BCUT2D eigenvalue weighted by atomic mass is 9.80. The quantitative estimate of drug-likeness (QED) is 0.525. The van der Waals surface area contributed by atoms with Crippen LogP contribution in [0.5, 0.6) is 0 Å². The van der Waals surface area contributed by atoms with Gasteiger partial charge in [-0.3, -0.25) is 4.79 Å². The van der Waals surface area contributed by atoms with E-state index >= 15 is 0 Å². The summed E-state index contributed by atoms with van der Waals surface area (Å²) in [4.78, 5) is 23.3. The second-order valence-corrected chi connectivity index (χ2v) is 9.75. The van der Waals surface area contributed by atoms with Crippen molar-refractivity contribution >= 4 is 11.6 Å². The van der Waals surface area contributed by atoms with Crippen molar-refractivity contribution in [1.82, 2.24) is 24.5 Å². The number of fused-ring (bicyclic) bond motifs is 1. The fraction of sp³-hybridized carbons (Fsp3) is 0.583. The molecule has 3 aromatic rings. The Bertz CT molecular complexity index is 1170. The maximum absolute atomic E-state index is 13.1. The van der Waals surface area contributed by atoms with Crippen molar-refractivity contribution in [2.75, 3.05) is 13.1 Å². The Morgan fingerprint density at radius 3 is 2.59 bits per heavy atom. The fourth-order valence-corrected chi connectivity index (χ4v) is 5.45. The molecular formula is C24H28F3N5O2. The molecule has 1 saturated carbocycles. The van der Waals surface area contributed by atoms with E-state index in [0.29, 0.717) is 43.2 Å². The molecule has 182 valence electrons. The lowest BCUT2D eigenvalue weighted by Crippen LogP contribution is -2.42. The van der Waals surface area contributed by atoms with Crippen molar-refractivity contribution in [2.24, 2.45) is 11.8 Å². The smallest absolute Gasteiger partial charge is 0.391 e. The van der Waals surface area contributed by atoms with Crippen LogP contribution in [0, 0.1) is 18.8 Å². The van der Waals surface area contributed by atoms with E-state index in [1.807, 2.05) is 23.6 Å². The molecule has 0 N–H and O–H groups in total. The first-order valence-electron chi connectivity index (χ1n) is 11.8. The summed E-state index contributed by atoms with van der Waals surface area (Å²) < 4.78 is 46.1. The van der Waals surface area contributed by atoms with Crippen molar-refractivity contribution < 1.29 is 22.4 Å². The topological polar surface area (TPSA) is 76.5 Å². The van der Waals surface area contributed by atoms with Crippen LogP contribution in [-0.4, -0.2) is 49.7 Å². The molecular weight excluding hydrogens is 447 g/mol. The Morgan fingerprint density at radius 1 is 1.15 bits per heavy atom. The van der Waals surface area contributed by atoms with Gasteiger partial charge in [0, 0.05) is 36.7 Å². The predicted octanol–water partition coefficient (Wildman–Crippen LogP) is 5.13. The van der Waals surface area contributed by atoms with Gasteiger partial charge in [-0.15, -0.1) is 0 Å². The maximum Gasteiger partial charge on any atom is 0.391 e. The van der Waals surface area contributed by atoms with E-state index in [1.165, 1.54) is 12.7 Å². The number of aromatic nitrogens is 4. The van der Waals surface area contributed by atoms with Gasteiger partial charge in [0.05, 0.1) is 17.3 Å². The van der Waals surface area contributed by atoms with Gasteiger partial charge in [-0.1, -0.05) is 6.92 Å². The molecule has 0 radical (unpaired) electrons. The van der Waals surface area contributed by atoms with E-state index in [-0.39, 0.29) is 30.6 Å². The number of oxazole rings is 1. The molecule has 5 rings (SSSR count). The molecule has 34 heavy (non-hydrogen) atoms. The number of piperidine rings is 1. The van der Waals surface area contributed by atoms with Crippen molar-refractivity contribution in [1.29, 1.82) is 0 Å². The van der Waals surface area contributed by atoms with Gasteiger partial charge in [0.25, 0.3) is 5.91 Å². The fourth-order valence-electron chi connectivity index (χ4n) is 5.45. The summed E-state index contributed by atoms with van der Waals surface area (Å²) in [6.45, 7) is 5.27. The van der Waals surface area contributed by atoms with Gasteiger partial charge >= 0.3 is 6.18 Å². The molecule has 3 aromatic heterocycles. The highest BCUT2D eigenvalue weighted by Gasteiger charge is 2.42. The molecule has 10 heteroatoms. The number of hydrogen-bond donors (Lipinski definition) is 0. The minimum Gasteiger partial charge on any atom is -0.451 e. The van der Waals surface area contributed by atoms with Crippen LogP contribution < -0.4 is 0 Å². The molecule has 1 saturated heterocycles. The van der Waals surface area contributed by atoms with Gasteiger partial charge in [0.1, 0.15) is 6.26 Å². The third-order valence-electron chi connectivity index (χ3n) is 7.49. The number of hydrogen-bond acceptors (Lipinski definition) is 5. The van der Waals surface area contributed by atoms with E-state index < -0.39 is 12.1 Å². The average molecular weight is 476 g/mol. The molecule has 2 fully saturated rings. The summed E-state index contributed by atoms with van der Waals surface area (Å²) in [5.74, 6) is -1.01. The zero-order chi connectivity index (χ0) is 24.0. The van der Waals surface area contributed by atoms with Crippen LogP contribution in [-0.2, 0) is 0 Å². The Hall–Kier alpha value is -2.91. The van der Waals surface area contributed by atoms with E-state index in [2.05, 4.69) is 16.9 Å². The second-order valence-electron chi connectivity index (χ2n) is 9.75. The molecule has 0 unspecified atom stereocenters. The number of alkyl halides is 3. The summed E-state index contributed by atoms with van der Waals surface area (Å²) in [6, 6.07) is 3.93. The van der Waals surface area contributed by atoms with Crippen LogP contribution >= 0.6 is 0 Å². The van der Waals surface area contributed by atoms with Crippen LogP contribution in [0.3, 0.4) is 0 Å². The van der Waals surface area contributed by atoms with Crippen molar-refractivity contribution in [3.05, 3.63) is 47.6 Å². The lowest BCUT2D eigenvalue weighted by Gasteiger charge is -2.37. The first kappa shape index (κ1) is 22.9. The second kappa shape index (κ2) is 8.70. The normalized spacial score (nSPS) is 26.2. The van der Waals surface area contributed by atoms with E-state index in [9.17, 15) is 18.0 Å². The predicted molar refractivity (Wildman–Crippen MR) is 117 cm³/mol. The monoisotopic (exact) mass is 475 g/mol. The Morgan fingerprint density at radius 2 is 1.91 bits per heavy atom. The minimum atomic E-state index is -4.12. The van der Waals surface area contributed by atoms with Gasteiger partial charge in [0.15, 0.2) is 17.7 Å². The molecule has 4 heterocycles.